The van der Waals surface area contributed by atoms with E-state index in [0.717, 1.165) is 22.3 Å². The summed E-state index contributed by atoms with van der Waals surface area (Å²) in [7, 11) is 0. The molecule has 0 heterocycles. The number of fused-ring (bicyclic) bond motifs is 3. The normalized spacial score (nSPS) is 12.4. The standard InChI is InChI=1S/C27H26N2O5/c1-27(2,25(32)29-18-9-7-8-17(14-18)24(30)31)16-28-26(33)34-15-23-21-12-5-3-10-19(21)20-11-4-6-13-22(20)23/h3-14,23H,15-16H2,1-2H3,(H,28,33)(H,29,32)(H,30,31). The van der Waals surface area contributed by atoms with E-state index in [1.54, 1.807) is 26.0 Å². The summed E-state index contributed by atoms with van der Waals surface area (Å²) in [5, 5.41) is 14.5. The molecular weight excluding hydrogens is 432 g/mol. The Labute approximate surface area is 197 Å². The number of carboxylic acid groups (broad SMARTS) is 1. The fourth-order valence-electron chi connectivity index (χ4n) is 4.05. The third kappa shape index (κ3) is 4.78. The monoisotopic (exact) mass is 458 g/mol. The summed E-state index contributed by atoms with van der Waals surface area (Å²) in [5.74, 6) is -1.47. The summed E-state index contributed by atoms with van der Waals surface area (Å²) in [6.07, 6.45) is -0.601. The van der Waals surface area contributed by atoms with Crippen LogP contribution in [0.5, 0.6) is 0 Å². The molecule has 0 atom stereocenters. The molecule has 34 heavy (non-hydrogen) atoms. The maximum Gasteiger partial charge on any atom is 0.407 e. The number of anilines is 1. The van der Waals surface area contributed by atoms with E-state index < -0.39 is 17.5 Å². The van der Waals surface area contributed by atoms with E-state index in [9.17, 15) is 14.4 Å². The molecule has 7 nitrogen and oxygen atoms in total. The Bertz CT molecular complexity index is 1210. The minimum Gasteiger partial charge on any atom is -0.478 e. The van der Waals surface area contributed by atoms with Crippen molar-refractivity contribution in [1.29, 1.82) is 0 Å². The molecule has 0 aliphatic heterocycles. The Balaban J connectivity index is 1.33. The number of rotatable bonds is 7. The number of amides is 2. The first-order valence-corrected chi connectivity index (χ1v) is 11.0. The third-order valence-corrected chi connectivity index (χ3v) is 6.00. The number of benzene rings is 3. The highest BCUT2D eigenvalue weighted by Crippen LogP contribution is 2.44. The van der Waals surface area contributed by atoms with Crippen molar-refractivity contribution >= 4 is 23.7 Å². The van der Waals surface area contributed by atoms with Crippen LogP contribution in [0.25, 0.3) is 11.1 Å². The Morgan fingerprint density at radius 1 is 0.912 bits per heavy atom. The summed E-state index contributed by atoms with van der Waals surface area (Å²) < 4.78 is 5.53. The molecule has 0 aromatic heterocycles. The van der Waals surface area contributed by atoms with Gasteiger partial charge in [-0.25, -0.2) is 9.59 Å². The number of hydrogen-bond donors (Lipinski definition) is 3. The van der Waals surface area contributed by atoms with E-state index in [2.05, 4.69) is 22.8 Å². The van der Waals surface area contributed by atoms with Crippen LogP contribution in [0.15, 0.2) is 72.8 Å². The number of carbonyl (C=O) groups is 3. The van der Waals surface area contributed by atoms with E-state index in [4.69, 9.17) is 9.84 Å². The predicted molar refractivity (Wildman–Crippen MR) is 129 cm³/mol. The van der Waals surface area contributed by atoms with Crippen molar-refractivity contribution in [3.05, 3.63) is 89.5 Å². The van der Waals surface area contributed by atoms with Gasteiger partial charge in [0.2, 0.25) is 5.91 Å². The van der Waals surface area contributed by atoms with E-state index in [0.29, 0.717) is 5.69 Å². The zero-order valence-corrected chi connectivity index (χ0v) is 19.0. The molecule has 0 bridgehead atoms. The average Bonchev–Trinajstić information content (AvgIpc) is 3.15. The van der Waals surface area contributed by atoms with Gasteiger partial charge in [-0.3, -0.25) is 4.79 Å². The molecule has 174 valence electrons. The Kier molecular flexibility index (Phi) is 6.36. The van der Waals surface area contributed by atoms with Crippen LogP contribution in [-0.4, -0.2) is 36.2 Å². The number of hydrogen-bond acceptors (Lipinski definition) is 4. The van der Waals surface area contributed by atoms with Gasteiger partial charge in [0.1, 0.15) is 6.61 Å². The lowest BCUT2D eigenvalue weighted by molar-refractivity contribution is -0.123. The Hall–Kier alpha value is -4.13. The van der Waals surface area contributed by atoms with Gasteiger partial charge in [0, 0.05) is 18.2 Å². The van der Waals surface area contributed by atoms with Crippen LogP contribution in [0, 0.1) is 5.41 Å². The van der Waals surface area contributed by atoms with Gasteiger partial charge in [0.25, 0.3) is 0 Å². The van der Waals surface area contributed by atoms with Crippen molar-refractivity contribution < 1.29 is 24.2 Å². The fraction of sp³-hybridized carbons (Fsp3) is 0.222. The number of alkyl carbamates (subject to hydrolysis) is 1. The molecule has 1 aliphatic carbocycles. The second-order valence-electron chi connectivity index (χ2n) is 8.90. The van der Waals surface area contributed by atoms with Crippen molar-refractivity contribution in [3.8, 4) is 11.1 Å². The van der Waals surface area contributed by atoms with Crippen LogP contribution in [0.3, 0.4) is 0 Å². The van der Waals surface area contributed by atoms with Crippen LogP contribution < -0.4 is 10.6 Å². The number of ether oxygens (including phenoxy) is 1. The predicted octanol–water partition coefficient (Wildman–Crippen LogP) is 4.89. The van der Waals surface area contributed by atoms with Gasteiger partial charge in [-0.2, -0.15) is 0 Å². The Morgan fingerprint density at radius 2 is 1.53 bits per heavy atom. The molecule has 0 saturated carbocycles. The van der Waals surface area contributed by atoms with Gasteiger partial charge in [-0.05, 0) is 54.3 Å². The maximum atomic E-state index is 12.7. The van der Waals surface area contributed by atoms with Crippen LogP contribution in [0.2, 0.25) is 0 Å². The second-order valence-corrected chi connectivity index (χ2v) is 8.90. The summed E-state index contributed by atoms with van der Waals surface area (Å²) in [6.45, 7) is 3.61. The molecule has 0 saturated heterocycles. The summed E-state index contributed by atoms with van der Waals surface area (Å²) in [6, 6.07) is 22.2. The SMILES string of the molecule is CC(C)(CNC(=O)OCC1c2ccccc2-c2ccccc21)C(=O)Nc1cccc(C(=O)O)c1. The minimum atomic E-state index is -1.08. The lowest BCUT2D eigenvalue weighted by atomic mass is 9.92. The van der Waals surface area contributed by atoms with Crippen molar-refractivity contribution in [2.24, 2.45) is 5.41 Å². The van der Waals surface area contributed by atoms with Crippen molar-refractivity contribution in [2.75, 3.05) is 18.5 Å². The van der Waals surface area contributed by atoms with Gasteiger partial charge in [-0.15, -0.1) is 0 Å². The van der Waals surface area contributed by atoms with Crippen molar-refractivity contribution in [3.63, 3.8) is 0 Å². The first kappa shape index (κ1) is 23.0. The van der Waals surface area contributed by atoms with Crippen LogP contribution >= 0.6 is 0 Å². The Morgan fingerprint density at radius 3 is 2.15 bits per heavy atom. The first-order valence-electron chi connectivity index (χ1n) is 11.0. The second kappa shape index (κ2) is 9.39. The molecule has 3 N–H and O–H groups in total. The maximum absolute atomic E-state index is 12.7. The zero-order chi connectivity index (χ0) is 24.3. The van der Waals surface area contributed by atoms with Crippen molar-refractivity contribution in [2.45, 2.75) is 19.8 Å². The van der Waals surface area contributed by atoms with Crippen LogP contribution in [0.4, 0.5) is 10.5 Å². The smallest absolute Gasteiger partial charge is 0.407 e. The number of carboxylic acids is 1. The highest BCUT2D eigenvalue weighted by molar-refractivity contribution is 5.97. The van der Waals surface area contributed by atoms with Gasteiger partial charge < -0.3 is 20.5 Å². The molecule has 4 rings (SSSR count). The van der Waals surface area contributed by atoms with Crippen LogP contribution in [-0.2, 0) is 9.53 Å². The molecule has 3 aromatic carbocycles. The number of aromatic carboxylic acids is 1. The molecule has 1 aliphatic rings. The topological polar surface area (TPSA) is 105 Å². The molecular formula is C27H26N2O5. The van der Waals surface area contributed by atoms with E-state index in [-0.39, 0.29) is 30.5 Å². The summed E-state index contributed by atoms with van der Waals surface area (Å²) >= 11 is 0. The first-order chi connectivity index (χ1) is 16.3. The van der Waals surface area contributed by atoms with E-state index >= 15 is 0 Å². The van der Waals surface area contributed by atoms with Gasteiger partial charge >= 0.3 is 12.1 Å². The molecule has 0 radical (unpaired) electrons. The number of carbonyl (C=O) groups excluding carboxylic acids is 2. The lowest BCUT2D eigenvalue weighted by Crippen LogP contribution is -2.42. The zero-order valence-electron chi connectivity index (χ0n) is 19.0. The quantitative estimate of drug-likeness (QED) is 0.468. The fourth-order valence-corrected chi connectivity index (χ4v) is 4.05. The van der Waals surface area contributed by atoms with E-state index in [1.165, 1.54) is 12.1 Å². The van der Waals surface area contributed by atoms with Crippen LogP contribution in [0.1, 0.15) is 41.3 Å². The average molecular weight is 459 g/mol. The molecule has 0 spiro atoms. The van der Waals surface area contributed by atoms with Gasteiger partial charge in [-0.1, -0.05) is 54.6 Å². The molecule has 3 aromatic rings. The van der Waals surface area contributed by atoms with E-state index in [1.807, 2.05) is 36.4 Å². The molecule has 0 fully saturated rings. The lowest BCUT2D eigenvalue weighted by Gasteiger charge is -2.24. The summed E-state index contributed by atoms with van der Waals surface area (Å²) in [4.78, 5) is 36.3. The largest absolute Gasteiger partial charge is 0.478 e. The minimum absolute atomic E-state index is 0.0454. The van der Waals surface area contributed by atoms with Gasteiger partial charge in [0.15, 0.2) is 0 Å². The molecule has 2 amide bonds. The summed E-state index contributed by atoms with van der Waals surface area (Å²) in [5.41, 5.74) is 4.05. The number of nitrogens with one attached hydrogen (secondary N) is 2. The molecule has 0 unspecified atom stereocenters. The highest BCUT2D eigenvalue weighted by Gasteiger charge is 2.31. The molecule has 7 heteroatoms. The third-order valence-electron chi connectivity index (χ3n) is 6.00. The van der Waals surface area contributed by atoms with Crippen molar-refractivity contribution in [1.82, 2.24) is 5.32 Å². The highest BCUT2D eigenvalue weighted by atomic mass is 16.5. The van der Waals surface area contributed by atoms with Gasteiger partial charge in [0.05, 0.1) is 11.0 Å².